The minimum atomic E-state index is -1.05. The number of likely N-dealkylation sites (tertiary alicyclic amines) is 1. The zero-order chi connectivity index (χ0) is 20.1. The predicted molar refractivity (Wildman–Crippen MR) is 103 cm³/mol. The molecule has 1 fully saturated rings. The van der Waals surface area contributed by atoms with E-state index in [-0.39, 0.29) is 17.7 Å². The van der Waals surface area contributed by atoms with Crippen LogP contribution in [0.5, 0.6) is 0 Å². The molecule has 0 unspecified atom stereocenters. The normalized spacial score (nSPS) is 14.5. The van der Waals surface area contributed by atoms with E-state index in [0.29, 0.717) is 18.8 Å². The summed E-state index contributed by atoms with van der Waals surface area (Å²) in [5.41, 5.74) is 0.896. The van der Waals surface area contributed by atoms with Crippen molar-refractivity contribution >= 4 is 23.3 Å². The van der Waals surface area contributed by atoms with Crippen molar-refractivity contribution in [3.8, 4) is 0 Å². The fourth-order valence-corrected chi connectivity index (χ4v) is 3.30. The molecule has 8 heteroatoms. The molecule has 0 spiro atoms. The summed E-state index contributed by atoms with van der Waals surface area (Å²) in [7, 11) is 0. The number of nitrogens with zero attached hydrogens (tertiary/aromatic N) is 2. The number of carbonyl (C=O) groups excluding carboxylic acids is 1. The van der Waals surface area contributed by atoms with Crippen molar-refractivity contribution in [2.24, 2.45) is 0 Å². The van der Waals surface area contributed by atoms with Crippen LogP contribution in [0.15, 0.2) is 48.5 Å². The standard InChI is InChI=1S/C20H21N3O5/c24-19(22-10-4-5-11-22)16-13-15(8-9-18(16)23(27)28)21-17(20(25)26)12-14-6-2-1-3-7-14/h1-3,6-9,13,17,21H,4-5,10-12H2,(H,25,26)/t17-/m1/s1. The maximum atomic E-state index is 12.7. The Morgan fingerprint density at radius 1 is 1.14 bits per heavy atom. The molecule has 28 heavy (non-hydrogen) atoms. The summed E-state index contributed by atoms with van der Waals surface area (Å²) in [5.74, 6) is -1.45. The first-order valence-electron chi connectivity index (χ1n) is 9.06. The lowest BCUT2D eigenvalue weighted by Crippen LogP contribution is -2.32. The molecule has 2 aromatic rings. The van der Waals surface area contributed by atoms with Gasteiger partial charge in [0.25, 0.3) is 11.6 Å². The number of nitro groups is 1. The lowest BCUT2D eigenvalue weighted by molar-refractivity contribution is -0.385. The fourth-order valence-electron chi connectivity index (χ4n) is 3.30. The van der Waals surface area contributed by atoms with Crippen LogP contribution in [-0.2, 0) is 11.2 Å². The Hall–Kier alpha value is -3.42. The van der Waals surface area contributed by atoms with Gasteiger partial charge in [0.2, 0.25) is 0 Å². The van der Waals surface area contributed by atoms with E-state index in [4.69, 9.17) is 0 Å². The molecule has 0 saturated carbocycles. The third kappa shape index (κ3) is 4.46. The smallest absolute Gasteiger partial charge is 0.326 e. The van der Waals surface area contributed by atoms with Crippen molar-refractivity contribution in [3.05, 3.63) is 69.8 Å². The molecule has 1 heterocycles. The third-order valence-corrected chi connectivity index (χ3v) is 4.74. The van der Waals surface area contributed by atoms with Crippen LogP contribution in [0, 0.1) is 10.1 Å². The molecule has 2 aromatic carbocycles. The number of aliphatic carboxylic acids is 1. The Morgan fingerprint density at radius 3 is 2.43 bits per heavy atom. The Kier molecular flexibility index (Phi) is 5.88. The molecule has 0 radical (unpaired) electrons. The first-order chi connectivity index (χ1) is 13.5. The van der Waals surface area contributed by atoms with Crippen LogP contribution in [0.4, 0.5) is 11.4 Å². The molecule has 1 atom stereocenters. The molecule has 8 nitrogen and oxygen atoms in total. The van der Waals surface area contributed by atoms with Gasteiger partial charge in [-0.15, -0.1) is 0 Å². The summed E-state index contributed by atoms with van der Waals surface area (Å²) >= 11 is 0. The number of carboxylic acids is 1. The van der Waals surface area contributed by atoms with Crippen LogP contribution in [0.2, 0.25) is 0 Å². The monoisotopic (exact) mass is 383 g/mol. The first-order valence-corrected chi connectivity index (χ1v) is 9.06. The van der Waals surface area contributed by atoms with Crippen LogP contribution < -0.4 is 5.32 Å². The quantitative estimate of drug-likeness (QED) is 0.561. The Labute approximate surface area is 161 Å². The van der Waals surface area contributed by atoms with Gasteiger partial charge in [-0.05, 0) is 30.5 Å². The number of hydrogen-bond donors (Lipinski definition) is 2. The third-order valence-electron chi connectivity index (χ3n) is 4.74. The van der Waals surface area contributed by atoms with Crippen LogP contribution in [0.25, 0.3) is 0 Å². The minimum Gasteiger partial charge on any atom is -0.480 e. The van der Waals surface area contributed by atoms with Crippen LogP contribution >= 0.6 is 0 Å². The minimum absolute atomic E-state index is 0.0271. The lowest BCUT2D eigenvalue weighted by atomic mass is 10.0. The fraction of sp³-hybridized carbons (Fsp3) is 0.300. The van der Waals surface area contributed by atoms with Crippen molar-refractivity contribution in [2.75, 3.05) is 18.4 Å². The molecule has 1 saturated heterocycles. The molecular formula is C20H21N3O5. The number of carboxylic acid groups (broad SMARTS) is 1. The van der Waals surface area contributed by atoms with E-state index in [0.717, 1.165) is 18.4 Å². The molecule has 0 bridgehead atoms. The molecule has 1 aliphatic rings. The van der Waals surface area contributed by atoms with E-state index >= 15 is 0 Å². The van der Waals surface area contributed by atoms with Crippen molar-refractivity contribution in [1.29, 1.82) is 0 Å². The summed E-state index contributed by atoms with van der Waals surface area (Å²) in [6.45, 7) is 1.14. The number of anilines is 1. The molecule has 1 amide bonds. The maximum Gasteiger partial charge on any atom is 0.326 e. The van der Waals surface area contributed by atoms with Gasteiger partial charge >= 0.3 is 5.97 Å². The highest BCUT2D eigenvalue weighted by molar-refractivity contribution is 5.99. The number of carbonyl (C=O) groups is 2. The molecule has 1 aliphatic heterocycles. The molecule has 0 aromatic heterocycles. The summed E-state index contributed by atoms with van der Waals surface area (Å²) in [6, 6.07) is 12.3. The van der Waals surface area contributed by atoms with E-state index < -0.39 is 22.8 Å². The van der Waals surface area contributed by atoms with Gasteiger partial charge in [0.15, 0.2) is 0 Å². The number of amides is 1. The number of hydrogen-bond acceptors (Lipinski definition) is 5. The zero-order valence-corrected chi connectivity index (χ0v) is 15.2. The largest absolute Gasteiger partial charge is 0.480 e. The number of rotatable bonds is 7. The van der Waals surface area contributed by atoms with Crippen LogP contribution in [0.1, 0.15) is 28.8 Å². The number of benzene rings is 2. The molecular weight excluding hydrogens is 362 g/mol. The van der Waals surface area contributed by atoms with Gasteiger partial charge in [-0.3, -0.25) is 14.9 Å². The van der Waals surface area contributed by atoms with E-state index in [1.54, 1.807) is 4.90 Å². The highest BCUT2D eigenvalue weighted by Crippen LogP contribution is 2.26. The van der Waals surface area contributed by atoms with Crippen molar-refractivity contribution in [3.63, 3.8) is 0 Å². The topological polar surface area (TPSA) is 113 Å². The lowest BCUT2D eigenvalue weighted by Gasteiger charge is -2.18. The maximum absolute atomic E-state index is 12.7. The Bertz CT molecular complexity index is 879. The summed E-state index contributed by atoms with van der Waals surface area (Å²) in [4.78, 5) is 36.7. The Balaban J connectivity index is 1.86. The second kappa shape index (κ2) is 8.51. The SMILES string of the molecule is O=C(O)[C@@H](Cc1ccccc1)Nc1ccc([N+](=O)[O-])c(C(=O)N2CCCC2)c1. The van der Waals surface area contributed by atoms with Gasteiger partial charge in [-0.25, -0.2) is 4.79 Å². The highest BCUT2D eigenvalue weighted by atomic mass is 16.6. The second-order valence-electron chi connectivity index (χ2n) is 6.71. The van der Waals surface area contributed by atoms with Gasteiger partial charge in [0, 0.05) is 31.3 Å². The zero-order valence-electron chi connectivity index (χ0n) is 15.2. The van der Waals surface area contributed by atoms with Gasteiger partial charge in [0.05, 0.1) is 4.92 Å². The van der Waals surface area contributed by atoms with Gasteiger partial charge in [-0.1, -0.05) is 30.3 Å². The van der Waals surface area contributed by atoms with Gasteiger partial charge < -0.3 is 15.3 Å². The average molecular weight is 383 g/mol. The predicted octanol–water partition coefficient (Wildman–Crippen LogP) is 2.94. The van der Waals surface area contributed by atoms with Crippen molar-refractivity contribution < 1.29 is 19.6 Å². The van der Waals surface area contributed by atoms with Gasteiger partial charge in [0.1, 0.15) is 11.6 Å². The van der Waals surface area contributed by atoms with E-state index in [1.165, 1.54) is 18.2 Å². The summed E-state index contributed by atoms with van der Waals surface area (Å²) in [6.07, 6.45) is 1.98. The van der Waals surface area contributed by atoms with E-state index in [9.17, 15) is 24.8 Å². The van der Waals surface area contributed by atoms with Gasteiger partial charge in [-0.2, -0.15) is 0 Å². The average Bonchev–Trinajstić information content (AvgIpc) is 3.22. The summed E-state index contributed by atoms with van der Waals surface area (Å²) < 4.78 is 0. The molecule has 146 valence electrons. The molecule has 0 aliphatic carbocycles. The Morgan fingerprint density at radius 2 is 1.82 bits per heavy atom. The van der Waals surface area contributed by atoms with Crippen LogP contribution in [0.3, 0.4) is 0 Å². The van der Waals surface area contributed by atoms with Crippen molar-refractivity contribution in [1.82, 2.24) is 4.90 Å². The second-order valence-corrected chi connectivity index (χ2v) is 6.71. The van der Waals surface area contributed by atoms with E-state index in [1.807, 2.05) is 30.3 Å². The van der Waals surface area contributed by atoms with Crippen molar-refractivity contribution in [2.45, 2.75) is 25.3 Å². The van der Waals surface area contributed by atoms with Crippen LogP contribution in [-0.4, -0.2) is 45.9 Å². The highest BCUT2D eigenvalue weighted by Gasteiger charge is 2.27. The first kappa shape index (κ1) is 19.3. The molecule has 2 N–H and O–H groups in total. The number of nitro benzene ring substituents is 1. The summed E-state index contributed by atoms with van der Waals surface area (Å²) in [5, 5.41) is 23.8. The molecule has 3 rings (SSSR count). The number of nitrogens with one attached hydrogen (secondary N) is 1. The van der Waals surface area contributed by atoms with E-state index in [2.05, 4.69) is 5.32 Å².